The molecule has 0 fully saturated rings. The average molecular weight is 349 g/mol. The van der Waals surface area contributed by atoms with Gasteiger partial charge in [-0.25, -0.2) is 13.9 Å². The second kappa shape index (κ2) is 7.33. The molecule has 2 rings (SSSR count). The monoisotopic (exact) mass is 349 g/mol. The maximum Gasteiger partial charge on any atom is 0.326 e. The van der Waals surface area contributed by atoms with Gasteiger partial charge in [0, 0.05) is 0 Å². The molecule has 1 aromatic heterocycles. The molecule has 0 bridgehead atoms. The van der Waals surface area contributed by atoms with Crippen molar-refractivity contribution in [1.29, 1.82) is 0 Å². The zero-order chi connectivity index (χ0) is 18.7. The van der Waals surface area contributed by atoms with E-state index in [0.29, 0.717) is 11.3 Å². The van der Waals surface area contributed by atoms with E-state index in [4.69, 9.17) is 0 Å². The van der Waals surface area contributed by atoms with Gasteiger partial charge >= 0.3 is 5.97 Å². The first-order chi connectivity index (χ1) is 11.7. The van der Waals surface area contributed by atoms with Crippen molar-refractivity contribution in [2.24, 2.45) is 5.92 Å². The Morgan fingerprint density at radius 1 is 1.36 bits per heavy atom. The number of rotatable bonds is 6. The number of carboxylic acids is 1. The Morgan fingerprint density at radius 2 is 2.04 bits per heavy atom. The van der Waals surface area contributed by atoms with E-state index in [1.807, 2.05) is 13.8 Å². The van der Waals surface area contributed by atoms with Crippen LogP contribution in [-0.2, 0) is 4.79 Å². The molecule has 0 saturated heterocycles. The van der Waals surface area contributed by atoms with E-state index in [-0.39, 0.29) is 18.0 Å². The number of carbonyl (C=O) groups excluding carboxylic acids is 1. The summed E-state index contributed by atoms with van der Waals surface area (Å²) in [5, 5.41) is 25.5. The molecular formula is C17H20FN3O4. The minimum absolute atomic E-state index is 0.0643. The molecule has 1 heterocycles. The molecule has 1 aromatic carbocycles. The summed E-state index contributed by atoms with van der Waals surface area (Å²) in [6.45, 7) is 5.34. The van der Waals surface area contributed by atoms with Crippen molar-refractivity contribution in [3.8, 4) is 11.4 Å². The lowest BCUT2D eigenvalue weighted by atomic mass is 10.0. The Morgan fingerprint density at radius 3 is 2.60 bits per heavy atom. The van der Waals surface area contributed by atoms with Crippen molar-refractivity contribution in [3.63, 3.8) is 0 Å². The zero-order valence-corrected chi connectivity index (χ0v) is 14.2. The summed E-state index contributed by atoms with van der Waals surface area (Å²) in [5.41, 5.74) is 0.768. The molecule has 0 aliphatic heterocycles. The van der Waals surface area contributed by atoms with Gasteiger partial charge in [-0.1, -0.05) is 13.8 Å². The molecule has 0 radical (unpaired) electrons. The van der Waals surface area contributed by atoms with Crippen LogP contribution < -0.4 is 5.32 Å². The molecule has 0 saturated carbocycles. The minimum Gasteiger partial charge on any atom is -0.504 e. The summed E-state index contributed by atoms with van der Waals surface area (Å²) in [5.74, 6) is -2.68. The summed E-state index contributed by atoms with van der Waals surface area (Å²) in [7, 11) is 0. The van der Waals surface area contributed by atoms with Gasteiger partial charge in [-0.05, 0) is 43.0 Å². The van der Waals surface area contributed by atoms with Gasteiger partial charge in [0.25, 0.3) is 5.91 Å². The van der Waals surface area contributed by atoms with Crippen molar-refractivity contribution in [2.45, 2.75) is 33.2 Å². The molecule has 25 heavy (non-hydrogen) atoms. The molecular weight excluding hydrogens is 329 g/mol. The molecule has 1 atom stereocenters. The van der Waals surface area contributed by atoms with E-state index >= 15 is 0 Å². The van der Waals surface area contributed by atoms with E-state index in [9.17, 15) is 24.2 Å². The van der Waals surface area contributed by atoms with Crippen LogP contribution in [0, 0.1) is 18.7 Å². The summed E-state index contributed by atoms with van der Waals surface area (Å²) in [4.78, 5) is 23.5. The standard InChI is InChI=1S/C17H20FN3O4/c1-9(2)6-12(17(24)25)19-16(23)15-14(22)8-21(20-15)13-5-4-11(18)7-10(13)3/h4-5,7-9,12,22H,6H2,1-3H3,(H,19,23)(H,24,25)/t12-/m1/s1. The quantitative estimate of drug-likeness (QED) is 0.742. The molecule has 8 heteroatoms. The molecule has 134 valence electrons. The summed E-state index contributed by atoms with van der Waals surface area (Å²) < 4.78 is 14.4. The van der Waals surface area contributed by atoms with Gasteiger partial charge in [-0.2, -0.15) is 5.10 Å². The maximum absolute atomic E-state index is 13.2. The van der Waals surface area contributed by atoms with Gasteiger partial charge in [-0.15, -0.1) is 0 Å². The highest BCUT2D eigenvalue weighted by molar-refractivity contribution is 5.97. The highest BCUT2D eigenvalue weighted by Gasteiger charge is 2.25. The third-order valence-corrected chi connectivity index (χ3v) is 3.63. The van der Waals surface area contributed by atoms with Gasteiger partial charge < -0.3 is 15.5 Å². The molecule has 0 aliphatic carbocycles. The third kappa shape index (κ3) is 4.34. The van der Waals surface area contributed by atoms with Crippen LogP contribution in [0.25, 0.3) is 5.69 Å². The van der Waals surface area contributed by atoms with Gasteiger partial charge in [0.1, 0.15) is 11.9 Å². The lowest BCUT2D eigenvalue weighted by Gasteiger charge is -2.15. The number of nitrogens with zero attached hydrogens (tertiary/aromatic N) is 2. The molecule has 0 aliphatic rings. The number of aromatic nitrogens is 2. The van der Waals surface area contributed by atoms with Crippen LogP contribution in [0.5, 0.6) is 5.75 Å². The van der Waals surface area contributed by atoms with Crippen molar-refractivity contribution >= 4 is 11.9 Å². The van der Waals surface area contributed by atoms with Crippen LogP contribution in [0.4, 0.5) is 4.39 Å². The van der Waals surface area contributed by atoms with Crippen LogP contribution in [0.3, 0.4) is 0 Å². The van der Waals surface area contributed by atoms with E-state index in [0.717, 1.165) is 0 Å². The highest BCUT2D eigenvalue weighted by atomic mass is 19.1. The minimum atomic E-state index is -1.16. The first-order valence-electron chi connectivity index (χ1n) is 7.78. The van der Waals surface area contributed by atoms with Crippen molar-refractivity contribution in [3.05, 3.63) is 41.5 Å². The molecule has 0 unspecified atom stereocenters. The van der Waals surface area contributed by atoms with Gasteiger partial charge in [0.2, 0.25) is 0 Å². The number of aliphatic carboxylic acids is 1. The number of carboxylic acid groups (broad SMARTS) is 1. The van der Waals surface area contributed by atoms with Gasteiger partial charge in [0.15, 0.2) is 11.4 Å². The van der Waals surface area contributed by atoms with Crippen LogP contribution >= 0.6 is 0 Å². The fourth-order valence-corrected chi connectivity index (χ4v) is 2.45. The Kier molecular flexibility index (Phi) is 5.41. The van der Waals surface area contributed by atoms with Crippen LogP contribution in [0.2, 0.25) is 0 Å². The Bertz CT molecular complexity index is 801. The van der Waals surface area contributed by atoms with E-state index in [1.165, 1.54) is 29.1 Å². The second-order valence-electron chi connectivity index (χ2n) is 6.23. The fraction of sp³-hybridized carbons (Fsp3) is 0.353. The molecule has 3 N–H and O–H groups in total. The van der Waals surface area contributed by atoms with Crippen LogP contribution in [0.15, 0.2) is 24.4 Å². The number of amides is 1. The number of hydrogen-bond acceptors (Lipinski definition) is 4. The number of nitrogens with one attached hydrogen (secondary N) is 1. The smallest absolute Gasteiger partial charge is 0.326 e. The number of halogens is 1. The summed E-state index contributed by atoms with van der Waals surface area (Å²) >= 11 is 0. The van der Waals surface area contributed by atoms with Crippen molar-refractivity contribution in [2.75, 3.05) is 0 Å². The normalized spacial score (nSPS) is 12.2. The largest absolute Gasteiger partial charge is 0.504 e. The Balaban J connectivity index is 2.26. The Hall–Kier alpha value is -2.90. The number of benzene rings is 1. The predicted octanol–water partition coefficient (Wildman–Crippen LogP) is 2.25. The average Bonchev–Trinajstić information content (AvgIpc) is 2.87. The van der Waals surface area contributed by atoms with Crippen molar-refractivity contribution < 1.29 is 24.2 Å². The number of aryl methyl sites for hydroxylation is 1. The molecule has 1 amide bonds. The Labute approximate surface area is 144 Å². The summed E-state index contributed by atoms with van der Waals surface area (Å²) in [6.07, 6.45) is 1.47. The first kappa shape index (κ1) is 18.4. The third-order valence-electron chi connectivity index (χ3n) is 3.63. The predicted molar refractivity (Wildman–Crippen MR) is 88.3 cm³/mol. The molecule has 0 spiro atoms. The molecule has 7 nitrogen and oxygen atoms in total. The topological polar surface area (TPSA) is 104 Å². The van der Waals surface area contributed by atoms with Crippen molar-refractivity contribution in [1.82, 2.24) is 15.1 Å². The van der Waals surface area contributed by atoms with Gasteiger partial charge in [-0.3, -0.25) is 4.79 Å². The maximum atomic E-state index is 13.2. The SMILES string of the molecule is Cc1cc(F)ccc1-n1cc(O)c(C(=O)N[C@H](CC(C)C)C(=O)O)n1. The zero-order valence-electron chi connectivity index (χ0n) is 14.2. The number of carbonyl (C=O) groups is 2. The van der Waals surface area contributed by atoms with Gasteiger partial charge in [0.05, 0.1) is 11.9 Å². The highest BCUT2D eigenvalue weighted by Crippen LogP contribution is 2.21. The lowest BCUT2D eigenvalue weighted by Crippen LogP contribution is -2.41. The van der Waals surface area contributed by atoms with Crippen LogP contribution in [-0.4, -0.2) is 37.9 Å². The number of aromatic hydroxyl groups is 1. The van der Waals surface area contributed by atoms with E-state index < -0.39 is 29.5 Å². The second-order valence-corrected chi connectivity index (χ2v) is 6.23. The van der Waals surface area contributed by atoms with Crippen LogP contribution in [0.1, 0.15) is 36.3 Å². The molecule has 2 aromatic rings. The first-order valence-corrected chi connectivity index (χ1v) is 7.78. The fourth-order valence-electron chi connectivity index (χ4n) is 2.45. The lowest BCUT2D eigenvalue weighted by molar-refractivity contribution is -0.139. The number of hydrogen-bond donors (Lipinski definition) is 3. The van der Waals surface area contributed by atoms with E-state index in [1.54, 1.807) is 6.92 Å². The summed E-state index contributed by atoms with van der Waals surface area (Å²) in [6, 6.07) is 2.93. The van der Waals surface area contributed by atoms with E-state index in [2.05, 4.69) is 10.4 Å².